The second-order valence-electron chi connectivity index (χ2n) is 4.86. The third-order valence-electron chi connectivity index (χ3n) is 3.01. The second kappa shape index (κ2) is 6.92. The number of hydrogen-bond donors (Lipinski definition) is 0. The van der Waals surface area contributed by atoms with E-state index < -0.39 is 0 Å². The van der Waals surface area contributed by atoms with E-state index in [0.29, 0.717) is 13.0 Å². The van der Waals surface area contributed by atoms with Crippen molar-refractivity contribution in [2.75, 3.05) is 20.7 Å². The molecule has 19 heavy (non-hydrogen) atoms. The van der Waals surface area contributed by atoms with Gasteiger partial charge in [-0.25, -0.2) is 0 Å². The SMILES string of the molecule is COC(=O)C(C)CN(C)C(=O)Cc1cccc(C)c1. The smallest absolute Gasteiger partial charge is 0.310 e. The Morgan fingerprint density at radius 2 is 2.05 bits per heavy atom. The van der Waals surface area contributed by atoms with E-state index in [-0.39, 0.29) is 17.8 Å². The van der Waals surface area contributed by atoms with Crippen LogP contribution in [0.1, 0.15) is 18.1 Å². The molecule has 0 bridgehead atoms. The molecular formula is C15H21NO3. The van der Waals surface area contributed by atoms with E-state index in [2.05, 4.69) is 4.74 Å². The van der Waals surface area contributed by atoms with Crippen LogP contribution < -0.4 is 0 Å². The number of esters is 1. The van der Waals surface area contributed by atoms with Crippen molar-refractivity contribution in [3.8, 4) is 0 Å². The Kier molecular flexibility index (Phi) is 5.55. The van der Waals surface area contributed by atoms with Gasteiger partial charge in [0.2, 0.25) is 5.91 Å². The number of carbonyl (C=O) groups is 2. The van der Waals surface area contributed by atoms with Gasteiger partial charge in [0.15, 0.2) is 0 Å². The average molecular weight is 263 g/mol. The molecule has 0 aliphatic rings. The summed E-state index contributed by atoms with van der Waals surface area (Å²) in [6.07, 6.45) is 0.353. The molecule has 4 heteroatoms. The van der Waals surface area contributed by atoms with Gasteiger partial charge in [-0.2, -0.15) is 0 Å². The lowest BCUT2D eigenvalue weighted by atomic mass is 10.1. The Hall–Kier alpha value is -1.84. The van der Waals surface area contributed by atoms with Crippen LogP contribution in [0.25, 0.3) is 0 Å². The van der Waals surface area contributed by atoms with E-state index in [1.54, 1.807) is 18.9 Å². The molecule has 1 atom stereocenters. The second-order valence-corrected chi connectivity index (χ2v) is 4.86. The summed E-state index contributed by atoms with van der Waals surface area (Å²) < 4.78 is 4.65. The molecule has 1 aromatic carbocycles. The summed E-state index contributed by atoms with van der Waals surface area (Å²) in [4.78, 5) is 24.9. The fraction of sp³-hybridized carbons (Fsp3) is 0.467. The van der Waals surface area contributed by atoms with E-state index in [1.165, 1.54) is 7.11 Å². The summed E-state index contributed by atoms with van der Waals surface area (Å²) in [7, 11) is 3.06. The van der Waals surface area contributed by atoms with Crippen LogP contribution in [0.3, 0.4) is 0 Å². The molecule has 4 nitrogen and oxygen atoms in total. The number of nitrogens with zero attached hydrogens (tertiary/aromatic N) is 1. The number of methoxy groups -OCH3 is 1. The molecule has 0 saturated heterocycles. The summed E-state index contributed by atoms with van der Waals surface area (Å²) >= 11 is 0. The monoisotopic (exact) mass is 263 g/mol. The van der Waals surface area contributed by atoms with Gasteiger partial charge in [-0.3, -0.25) is 9.59 Å². The van der Waals surface area contributed by atoms with Gasteiger partial charge >= 0.3 is 5.97 Å². The van der Waals surface area contributed by atoms with Crippen LogP contribution in [-0.4, -0.2) is 37.5 Å². The molecule has 0 aliphatic heterocycles. The first-order chi connectivity index (χ1) is 8.93. The fourth-order valence-electron chi connectivity index (χ4n) is 1.92. The van der Waals surface area contributed by atoms with Crippen molar-refractivity contribution in [1.82, 2.24) is 4.90 Å². The standard InChI is InChI=1S/C15H21NO3/c1-11-6-5-7-13(8-11)9-14(17)16(3)10-12(2)15(18)19-4/h5-8,12H,9-10H2,1-4H3. The van der Waals surface area contributed by atoms with Gasteiger partial charge in [0.1, 0.15) is 0 Å². The lowest BCUT2D eigenvalue weighted by Gasteiger charge is -2.20. The van der Waals surface area contributed by atoms with E-state index in [4.69, 9.17) is 0 Å². The van der Waals surface area contributed by atoms with Gasteiger partial charge in [-0.15, -0.1) is 0 Å². The molecule has 0 aliphatic carbocycles. The zero-order valence-corrected chi connectivity index (χ0v) is 12.0. The molecule has 0 heterocycles. The number of carbonyl (C=O) groups excluding carboxylic acids is 2. The Morgan fingerprint density at radius 1 is 1.37 bits per heavy atom. The minimum atomic E-state index is -0.309. The summed E-state index contributed by atoms with van der Waals surface area (Å²) in [5, 5.41) is 0. The number of aryl methyl sites for hydroxylation is 1. The van der Waals surface area contributed by atoms with Crippen LogP contribution in [-0.2, 0) is 20.7 Å². The summed E-state index contributed by atoms with van der Waals surface area (Å²) in [5.41, 5.74) is 2.12. The number of rotatable bonds is 5. The first-order valence-corrected chi connectivity index (χ1v) is 6.31. The molecule has 1 amide bonds. The van der Waals surface area contributed by atoms with Crippen LogP contribution in [0.2, 0.25) is 0 Å². The fourth-order valence-corrected chi connectivity index (χ4v) is 1.92. The molecule has 0 saturated carbocycles. The average Bonchev–Trinajstić information content (AvgIpc) is 2.37. The van der Waals surface area contributed by atoms with E-state index in [9.17, 15) is 9.59 Å². The molecule has 0 N–H and O–H groups in total. The van der Waals surface area contributed by atoms with Gasteiger partial charge < -0.3 is 9.64 Å². The number of likely N-dealkylation sites (N-methyl/N-ethyl adjacent to an activating group) is 1. The highest BCUT2D eigenvalue weighted by atomic mass is 16.5. The molecule has 0 fully saturated rings. The van der Waals surface area contributed by atoms with Crippen molar-refractivity contribution in [2.24, 2.45) is 5.92 Å². The summed E-state index contributed by atoms with van der Waals surface area (Å²) in [5.74, 6) is -0.604. The van der Waals surface area contributed by atoms with Crippen LogP contribution in [0, 0.1) is 12.8 Å². The van der Waals surface area contributed by atoms with E-state index in [1.807, 2.05) is 31.2 Å². The lowest BCUT2D eigenvalue weighted by molar-refractivity contribution is -0.146. The van der Waals surface area contributed by atoms with Crippen LogP contribution in [0.4, 0.5) is 0 Å². The first kappa shape index (κ1) is 15.2. The highest BCUT2D eigenvalue weighted by Gasteiger charge is 2.18. The number of benzene rings is 1. The van der Waals surface area contributed by atoms with Crippen molar-refractivity contribution < 1.29 is 14.3 Å². The van der Waals surface area contributed by atoms with Gasteiger partial charge in [0, 0.05) is 13.6 Å². The summed E-state index contributed by atoms with van der Waals surface area (Å²) in [6.45, 7) is 4.12. The van der Waals surface area contributed by atoms with Crippen molar-refractivity contribution in [1.29, 1.82) is 0 Å². The molecule has 0 aromatic heterocycles. The molecule has 104 valence electrons. The maximum Gasteiger partial charge on any atom is 0.310 e. The van der Waals surface area contributed by atoms with Crippen LogP contribution >= 0.6 is 0 Å². The van der Waals surface area contributed by atoms with Crippen LogP contribution in [0.15, 0.2) is 24.3 Å². The molecule has 1 aromatic rings. The largest absolute Gasteiger partial charge is 0.469 e. The van der Waals surface area contributed by atoms with Crippen molar-refractivity contribution in [3.05, 3.63) is 35.4 Å². The third kappa shape index (κ3) is 4.73. The Morgan fingerprint density at radius 3 is 2.63 bits per heavy atom. The predicted molar refractivity (Wildman–Crippen MR) is 73.7 cm³/mol. The van der Waals surface area contributed by atoms with E-state index in [0.717, 1.165) is 11.1 Å². The zero-order chi connectivity index (χ0) is 14.4. The molecule has 1 rings (SSSR count). The Bertz CT molecular complexity index is 456. The Labute approximate surface area is 114 Å². The highest BCUT2D eigenvalue weighted by Crippen LogP contribution is 2.07. The van der Waals surface area contributed by atoms with Gasteiger partial charge in [-0.1, -0.05) is 36.8 Å². The van der Waals surface area contributed by atoms with Crippen molar-refractivity contribution >= 4 is 11.9 Å². The number of hydrogen-bond acceptors (Lipinski definition) is 3. The van der Waals surface area contributed by atoms with E-state index >= 15 is 0 Å². The molecule has 1 unspecified atom stereocenters. The van der Waals surface area contributed by atoms with Gasteiger partial charge in [0.05, 0.1) is 19.4 Å². The third-order valence-corrected chi connectivity index (χ3v) is 3.01. The Balaban J connectivity index is 2.56. The number of ether oxygens (including phenoxy) is 1. The van der Waals surface area contributed by atoms with Crippen molar-refractivity contribution in [2.45, 2.75) is 20.3 Å². The molecule has 0 spiro atoms. The topological polar surface area (TPSA) is 46.6 Å². The maximum absolute atomic E-state index is 12.0. The molecule has 0 radical (unpaired) electrons. The maximum atomic E-state index is 12.0. The number of amides is 1. The lowest BCUT2D eigenvalue weighted by Crippen LogP contribution is -2.35. The minimum Gasteiger partial charge on any atom is -0.469 e. The minimum absolute atomic E-state index is 0.00125. The summed E-state index contributed by atoms with van der Waals surface area (Å²) in [6, 6.07) is 7.87. The normalized spacial score (nSPS) is 11.8. The van der Waals surface area contributed by atoms with Gasteiger partial charge in [0.25, 0.3) is 0 Å². The van der Waals surface area contributed by atoms with Crippen molar-refractivity contribution in [3.63, 3.8) is 0 Å². The molecular weight excluding hydrogens is 242 g/mol. The quantitative estimate of drug-likeness (QED) is 0.761. The first-order valence-electron chi connectivity index (χ1n) is 6.31. The zero-order valence-electron chi connectivity index (χ0n) is 12.0. The highest BCUT2D eigenvalue weighted by molar-refractivity contribution is 5.79. The predicted octanol–water partition coefficient (Wildman–Crippen LogP) is 1.81. The van der Waals surface area contributed by atoms with Gasteiger partial charge in [-0.05, 0) is 12.5 Å². The van der Waals surface area contributed by atoms with Crippen LogP contribution in [0.5, 0.6) is 0 Å².